The minimum absolute atomic E-state index is 0.144. The van der Waals surface area contributed by atoms with Crippen LogP contribution in [0.4, 0.5) is 19.0 Å². The van der Waals surface area contributed by atoms with Crippen molar-refractivity contribution in [2.24, 2.45) is 11.1 Å². The van der Waals surface area contributed by atoms with Crippen molar-refractivity contribution >= 4 is 17.6 Å². The molecular formula is C10H9F3N4O2. The number of carbonyl (C=O) groups excluding carboxylic acids is 2. The molecule has 1 heterocycles. The summed E-state index contributed by atoms with van der Waals surface area (Å²) < 4.78 is 38.0. The zero-order valence-corrected chi connectivity index (χ0v) is 9.49. The number of hydrogen-bond donors (Lipinski definition) is 2. The summed E-state index contributed by atoms with van der Waals surface area (Å²) in [6, 6.07) is 2.33. The second-order valence-corrected chi connectivity index (χ2v) is 4.20. The number of carbonyl (C=O) groups is 2. The molecule has 2 amide bonds. The van der Waals surface area contributed by atoms with Gasteiger partial charge in [0.05, 0.1) is 0 Å². The molecule has 0 unspecified atom stereocenters. The van der Waals surface area contributed by atoms with Crippen LogP contribution in [0.1, 0.15) is 23.3 Å². The van der Waals surface area contributed by atoms with Crippen molar-refractivity contribution in [3.05, 3.63) is 17.8 Å². The van der Waals surface area contributed by atoms with Gasteiger partial charge in [0.15, 0.2) is 11.5 Å². The second-order valence-electron chi connectivity index (χ2n) is 4.20. The van der Waals surface area contributed by atoms with E-state index in [1.165, 1.54) is 0 Å². The average Bonchev–Trinajstić information content (AvgIpc) is 3.09. The number of nitrogens with two attached hydrogens (primary N) is 1. The standard InChI is InChI=1S/C10H9F3N4O2/c11-10(12,13)9(3-4-9)8(19)15-6-2-1-5(7(14)18)16-17-6/h1-2H,3-4H2,(H2,14,18)(H,15,17,19). The molecule has 1 aliphatic carbocycles. The van der Waals surface area contributed by atoms with E-state index in [1.54, 1.807) is 0 Å². The van der Waals surface area contributed by atoms with Gasteiger partial charge in [0, 0.05) is 0 Å². The minimum Gasteiger partial charge on any atom is -0.364 e. The van der Waals surface area contributed by atoms with E-state index in [9.17, 15) is 22.8 Å². The third-order valence-corrected chi connectivity index (χ3v) is 2.89. The molecule has 3 N–H and O–H groups in total. The molecule has 2 rings (SSSR count). The molecule has 0 atom stereocenters. The maximum Gasteiger partial charge on any atom is 0.403 e. The summed E-state index contributed by atoms with van der Waals surface area (Å²) in [4.78, 5) is 22.3. The number of amides is 2. The molecule has 0 radical (unpaired) electrons. The van der Waals surface area contributed by atoms with Gasteiger partial charge in [-0.2, -0.15) is 13.2 Å². The normalized spacial score (nSPS) is 16.8. The predicted octanol–water partition coefficient (Wildman–Crippen LogP) is 0.856. The van der Waals surface area contributed by atoms with Crippen LogP contribution in [0, 0.1) is 5.41 Å². The molecule has 0 saturated heterocycles. The number of nitrogens with zero attached hydrogens (tertiary/aromatic N) is 2. The highest BCUT2D eigenvalue weighted by atomic mass is 19.4. The molecule has 1 aliphatic rings. The van der Waals surface area contributed by atoms with Gasteiger partial charge in [0.2, 0.25) is 5.91 Å². The van der Waals surface area contributed by atoms with E-state index in [4.69, 9.17) is 5.73 Å². The number of rotatable bonds is 3. The Labute approximate surface area is 105 Å². The smallest absolute Gasteiger partial charge is 0.364 e. The first-order valence-corrected chi connectivity index (χ1v) is 5.28. The van der Waals surface area contributed by atoms with Crippen molar-refractivity contribution in [3.63, 3.8) is 0 Å². The Hall–Kier alpha value is -2.19. The summed E-state index contributed by atoms with van der Waals surface area (Å²) in [5.41, 5.74) is 2.46. The Bertz CT molecular complexity index is 523. The lowest BCUT2D eigenvalue weighted by molar-refractivity contribution is -0.189. The molecule has 6 nitrogen and oxygen atoms in total. The van der Waals surface area contributed by atoms with Crippen LogP contribution < -0.4 is 11.1 Å². The first kappa shape index (κ1) is 13.2. The van der Waals surface area contributed by atoms with Crippen LogP contribution in [0.2, 0.25) is 0 Å². The zero-order chi connectivity index (χ0) is 14.3. The van der Waals surface area contributed by atoms with Crippen LogP contribution in [0.5, 0.6) is 0 Å². The Kier molecular flexibility index (Phi) is 2.91. The molecule has 0 aliphatic heterocycles. The van der Waals surface area contributed by atoms with E-state index in [0.717, 1.165) is 12.1 Å². The highest BCUT2D eigenvalue weighted by Gasteiger charge is 2.68. The quantitative estimate of drug-likeness (QED) is 0.853. The average molecular weight is 274 g/mol. The molecule has 1 aromatic rings. The number of alkyl halides is 3. The molecule has 0 bridgehead atoms. The highest BCUT2D eigenvalue weighted by molar-refractivity contribution is 5.97. The molecule has 1 fully saturated rings. The predicted molar refractivity (Wildman–Crippen MR) is 56.9 cm³/mol. The number of nitrogens with one attached hydrogen (secondary N) is 1. The van der Waals surface area contributed by atoms with E-state index in [1.807, 2.05) is 5.32 Å². The summed E-state index contributed by atoms with van der Waals surface area (Å²) >= 11 is 0. The molecule has 1 aromatic heterocycles. The van der Waals surface area contributed by atoms with Crippen molar-refractivity contribution in [1.29, 1.82) is 0 Å². The fraction of sp³-hybridized carbons (Fsp3) is 0.400. The van der Waals surface area contributed by atoms with Gasteiger partial charge in [-0.15, -0.1) is 10.2 Å². The molecule has 1 saturated carbocycles. The Morgan fingerprint density at radius 3 is 2.26 bits per heavy atom. The van der Waals surface area contributed by atoms with Crippen molar-refractivity contribution in [3.8, 4) is 0 Å². The first-order chi connectivity index (χ1) is 8.76. The van der Waals surface area contributed by atoms with Gasteiger partial charge in [-0.25, -0.2) is 0 Å². The summed E-state index contributed by atoms with van der Waals surface area (Å²) in [5, 5.41) is 8.82. The topological polar surface area (TPSA) is 98.0 Å². The lowest BCUT2D eigenvalue weighted by Crippen LogP contribution is -2.37. The molecule has 102 valence electrons. The second kappa shape index (κ2) is 4.18. The molecule has 0 spiro atoms. The van der Waals surface area contributed by atoms with E-state index < -0.39 is 23.4 Å². The SMILES string of the molecule is NC(=O)c1ccc(NC(=O)C2(C(F)(F)F)CC2)nn1. The largest absolute Gasteiger partial charge is 0.403 e. The highest BCUT2D eigenvalue weighted by Crippen LogP contribution is 2.58. The van der Waals surface area contributed by atoms with Crippen LogP contribution in [0.3, 0.4) is 0 Å². The Morgan fingerprint density at radius 2 is 1.89 bits per heavy atom. The van der Waals surface area contributed by atoms with E-state index in [-0.39, 0.29) is 24.4 Å². The molecule has 0 aromatic carbocycles. The molecule has 19 heavy (non-hydrogen) atoms. The van der Waals surface area contributed by atoms with Crippen molar-refractivity contribution in [1.82, 2.24) is 10.2 Å². The number of halogens is 3. The lowest BCUT2D eigenvalue weighted by Gasteiger charge is -2.17. The van der Waals surface area contributed by atoms with Gasteiger partial charge in [-0.05, 0) is 25.0 Å². The number of primary amides is 1. The zero-order valence-electron chi connectivity index (χ0n) is 9.49. The molecule has 9 heteroatoms. The summed E-state index contributed by atoms with van der Waals surface area (Å²) in [5.74, 6) is -2.15. The van der Waals surface area contributed by atoms with Gasteiger partial charge in [0.1, 0.15) is 5.41 Å². The third-order valence-electron chi connectivity index (χ3n) is 2.89. The summed E-state index contributed by atoms with van der Waals surface area (Å²) in [6.07, 6.45) is -5.07. The lowest BCUT2D eigenvalue weighted by atomic mass is 10.1. The van der Waals surface area contributed by atoms with E-state index in [2.05, 4.69) is 10.2 Å². The van der Waals surface area contributed by atoms with Crippen LogP contribution in [0.15, 0.2) is 12.1 Å². The van der Waals surface area contributed by atoms with Crippen molar-refractivity contribution in [2.75, 3.05) is 5.32 Å². The van der Waals surface area contributed by atoms with Crippen LogP contribution in [0.25, 0.3) is 0 Å². The number of hydrogen-bond acceptors (Lipinski definition) is 4. The maximum atomic E-state index is 12.7. The fourth-order valence-corrected chi connectivity index (χ4v) is 1.53. The first-order valence-electron chi connectivity index (χ1n) is 5.28. The van der Waals surface area contributed by atoms with Gasteiger partial charge in [-0.1, -0.05) is 0 Å². The maximum absolute atomic E-state index is 12.7. The summed E-state index contributed by atoms with van der Waals surface area (Å²) in [6.45, 7) is 0. The van der Waals surface area contributed by atoms with Gasteiger partial charge < -0.3 is 11.1 Å². The van der Waals surface area contributed by atoms with Gasteiger partial charge >= 0.3 is 6.18 Å². The van der Waals surface area contributed by atoms with Gasteiger partial charge in [-0.3, -0.25) is 9.59 Å². The third kappa shape index (κ3) is 2.35. The van der Waals surface area contributed by atoms with Gasteiger partial charge in [0.25, 0.3) is 5.91 Å². The van der Waals surface area contributed by atoms with Crippen LogP contribution >= 0.6 is 0 Å². The summed E-state index contributed by atoms with van der Waals surface area (Å²) in [7, 11) is 0. The monoisotopic (exact) mass is 274 g/mol. The Morgan fingerprint density at radius 1 is 1.26 bits per heavy atom. The molecular weight excluding hydrogens is 265 g/mol. The number of anilines is 1. The van der Waals surface area contributed by atoms with Crippen molar-refractivity contribution < 1.29 is 22.8 Å². The van der Waals surface area contributed by atoms with Crippen molar-refractivity contribution in [2.45, 2.75) is 19.0 Å². The fourth-order valence-electron chi connectivity index (χ4n) is 1.53. The minimum atomic E-state index is -4.59. The van der Waals surface area contributed by atoms with Crippen LogP contribution in [-0.2, 0) is 4.79 Å². The Balaban J connectivity index is 2.10. The van der Waals surface area contributed by atoms with E-state index in [0.29, 0.717) is 0 Å². The number of aromatic nitrogens is 2. The van der Waals surface area contributed by atoms with E-state index >= 15 is 0 Å². The van der Waals surface area contributed by atoms with Crippen LogP contribution in [-0.4, -0.2) is 28.2 Å².